The summed E-state index contributed by atoms with van der Waals surface area (Å²) < 4.78 is 0. The highest BCUT2D eigenvalue weighted by molar-refractivity contribution is 6.03. The maximum atomic E-state index is 13.0. The Morgan fingerprint density at radius 3 is 1.89 bits per heavy atom. The number of imide groups is 1. The fraction of sp³-hybridized carbons (Fsp3) is 0.917. The van der Waals surface area contributed by atoms with Crippen molar-refractivity contribution < 1.29 is 9.59 Å². The second-order valence-electron chi connectivity index (χ2n) is 10.6. The Bertz CT molecular complexity index is 511. The van der Waals surface area contributed by atoms with Gasteiger partial charge in [0.05, 0.1) is 0 Å². The van der Waals surface area contributed by atoms with Crippen LogP contribution in [0.1, 0.15) is 118 Å². The molecule has 2 aliphatic heterocycles. The van der Waals surface area contributed by atoms with Crippen LogP contribution in [0.15, 0.2) is 0 Å². The number of likely N-dealkylation sites (tertiary alicyclic amines) is 1. The summed E-state index contributed by atoms with van der Waals surface area (Å²) in [7, 11) is 0. The number of nitrogens with zero attached hydrogens (tertiary/aromatic N) is 1. The molecule has 28 heavy (non-hydrogen) atoms. The zero-order valence-electron chi connectivity index (χ0n) is 19.1. The molecule has 1 atom stereocenters. The third-order valence-electron chi connectivity index (χ3n) is 6.47. The Labute approximate surface area is 173 Å². The van der Waals surface area contributed by atoms with Crippen molar-refractivity contribution >= 4 is 11.8 Å². The van der Waals surface area contributed by atoms with Gasteiger partial charge in [0.15, 0.2) is 0 Å². The molecule has 2 amide bonds. The molecule has 0 aliphatic carbocycles. The number of carbonyl (C=O) groups excluding carboxylic acids is 2. The maximum absolute atomic E-state index is 13.0. The first-order valence-electron chi connectivity index (χ1n) is 11.8. The lowest BCUT2D eigenvalue weighted by atomic mass is 9.79. The molecule has 2 saturated heterocycles. The number of unbranched alkanes of at least 4 members (excludes halogenated alkanes) is 8. The van der Waals surface area contributed by atoms with Crippen molar-refractivity contribution in [2.45, 2.75) is 135 Å². The van der Waals surface area contributed by atoms with E-state index in [2.05, 4.69) is 39.9 Å². The van der Waals surface area contributed by atoms with E-state index in [0.29, 0.717) is 6.42 Å². The molecule has 2 rings (SSSR count). The minimum atomic E-state index is -0.0711. The van der Waals surface area contributed by atoms with Gasteiger partial charge in [0, 0.05) is 29.5 Å². The highest BCUT2D eigenvalue weighted by atomic mass is 16.2. The van der Waals surface area contributed by atoms with Crippen LogP contribution in [0.2, 0.25) is 0 Å². The fourth-order valence-corrected chi connectivity index (χ4v) is 5.48. The SMILES string of the molecule is CCCCCCCCCCCC1CC(=O)N(C2CC(C)(C)NC(C)(C)C2)C1=O. The quantitative estimate of drug-likeness (QED) is 0.368. The van der Waals surface area contributed by atoms with E-state index in [9.17, 15) is 9.59 Å². The predicted molar refractivity (Wildman–Crippen MR) is 116 cm³/mol. The van der Waals surface area contributed by atoms with Crippen LogP contribution in [0.5, 0.6) is 0 Å². The average Bonchev–Trinajstić information content (AvgIpc) is 2.84. The van der Waals surface area contributed by atoms with E-state index in [-0.39, 0.29) is 34.9 Å². The first-order valence-corrected chi connectivity index (χ1v) is 11.8. The fourth-order valence-electron chi connectivity index (χ4n) is 5.48. The van der Waals surface area contributed by atoms with Crippen LogP contribution >= 0.6 is 0 Å². The number of piperidine rings is 1. The molecule has 0 aromatic carbocycles. The standard InChI is InChI=1S/C24H44N2O2/c1-6-7-8-9-10-11-12-13-14-15-19-16-21(27)26(22(19)28)20-17-23(2,3)25-24(4,5)18-20/h19-20,25H,6-18H2,1-5H3. The number of hydrogen-bond acceptors (Lipinski definition) is 3. The molecule has 2 heterocycles. The van der Waals surface area contributed by atoms with Gasteiger partial charge in [-0.3, -0.25) is 14.5 Å². The van der Waals surface area contributed by atoms with Crippen molar-refractivity contribution in [3.05, 3.63) is 0 Å². The monoisotopic (exact) mass is 392 g/mol. The summed E-state index contributed by atoms with van der Waals surface area (Å²) in [6, 6.07) is 0.0411. The van der Waals surface area contributed by atoms with Crippen molar-refractivity contribution in [1.82, 2.24) is 10.2 Å². The predicted octanol–water partition coefficient (Wildman–Crippen LogP) is 5.59. The summed E-state index contributed by atoms with van der Waals surface area (Å²) in [4.78, 5) is 27.3. The summed E-state index contributed by atoms with van der Waals surface area (Å²) in [5.74, 6) is 0.0886. The Hall–Kier alpha value is -0.900. The van der Waals surface area contributed by atoms with Gasteiger partial charge in [0.1, 0.15) is 0 Å². The smallest absolute Gasteiger partial charge is 0.233 e. The molecular weight excluding hydrogens is 348 g/mol. The van der Waals surface area contributed by atoms with Crippen LogP contribution in [0, 0.1) is 5.92 Å². The molecular formula is C24H44N2O2. The third-order valence-corrected chi connectivity index (χ3v) is 6.47. The molecule has 0 aromatic rings. The summed E-state index contributed by atoms with van der Waals surface area (Å²) in [5, 5.41) is 3.65. The minimum absolute atomic E-state index is 0.0411. The second kappa shape index (κ2) is 10.2. The molecule has 2 fully saturated rings. The van der Waals surface area contributed by atoms with E-state index in [1.54, 1.807) is 4.90 Å². The van der Waals surface area contributed by atoms with Crippen molar-refractivity contribution in [3.8, 4) is 0 Å². The summed E-state index contributed by atoms with van der Waals surface area (Å²) in [5.41, 5.74) is -0.107. The Kier molecular flexibility index (Phi) is 8.54. The highest BCUT2D eigenvalue weighted by Crippen LogP contribution is 2.36. The van der Waals surface area contributed by atoms with Crippen molar-refractivity contribution in [2.24, 2.45) is 5.92 Å². The van der Waals surface area contributed by atoms with Crippen LogP contribution in [-0.2, 0) is 9.59 Å². The molecule has 4 heteroatoms. The lowest BCUT2D eigenvalue weighted by Gasteiger charge is -2.48. The first-order chi connectivity index (χ1) is 13.2. The van der Waals surface area contributed by atoms with Gasteiger partial charge >= 0.3 is 0 Å². The molecule has 0 aromatic heterocycles. The largest absolute Gasteiger partial charge is 0.307 e. The van der Waals surface area contributed by atoms with Gasteiger partial charge in [0.2, 0.25) is 11.8 Å². The van der Waals surface area contributed by atoms with Crippen molar-refractivity contribution in [1.29, 1.82) is 0 Å². The summed E-state index contributed by atoms with van der Waals surface area (Å²) in [6.07, 6.45) is 14.6. The lowest BCUT2D eigenvalue weighted by Crippen LogP contribution is -2.62. The van der Waals surface area contributed by atoms with Gasteiger partial charge in [-0.05, 0) is 47.0 Å². The summed E-state index contributed by atoms with van der Waals surface area (Å²) in [6.45, 7) is 10.9. The van der Waals surface area contributed by atoms with E-state index in [4.69, 9.17) is 0 Å². The zero-order valence-corrected chi connectivity index (χ0v) is 19.1. The topological polar surface area (TPSA) is 49.4 Å². The van der Waals surface area contributed by atoms with Crippen LogP contribution in [0.4, 0.5) is 0 Å². The molecule has 0 bridgehead atoms. The number of amides is 2. The van der Waals surface area contributed by atoms with Crippen LogP contribution in [0.25, 0.3) is 0 Å². The lowest BCUT2D eigenvalue weighted by molar-refractivity contribution is -0.144. The van der Waals surface area contributed by atoms with Crippen LogP contribution < -0.4 is 5.32 Å². The van der Waals surface area contributed by atoms with E-state index in [1.807, 2.05) is 0 Å². The van der Waals surface area contributed by atoms with E-state index < -0.39 is 0 Å². The number of rotatable bonds is 11. The van der Waals surface area contributed by atoms with Gasteiger partial charge in [-0.2, -0.15) is 0 Å². The Morgan fingerprint density at radius 1 is 0.857 bits per heavy atom. The van der Waals surface area contributed by atoms with Gasteiger partial charge in [-0.15, -0.1) is 0 Å². The number of carbonyl (C=O) groups is 2. The molecule has 4 nitrogen and oxygen atoms in total. The Balaban J connectivity index is 1.74. The van der Waals surface area contributed by atoms with Crippen LogP contribution in [-0.4, -0.2) is 33.8 Å². The van der Waals surface area contributed by atoms with Crippen molar-refractivity contribution in [2.75, 3.05) is 0 Å². The molecule has 0 saturated carbocycles. The molecule has 0 spiro atoms. The second-order valence-corrected chi connectivity index (χ2v) is 10.6. The normalized spacial score (nSPS) is 24.9. The van der Waals surface area contributed by atoms with Crippen LogP contribution in [0.3, 0.4) is 0 Å². The zero-order chi connectivity index (χ0) is 20.8. The van der Waals surface area contributed by atoms with E-state index in [1.165, 1.54) is 51.4 Å². The highest BCUT2D eigenvalue weighted by Gasteiger charge is 2.47. The number of nitrogens with one attached hydrogen (secondary N) is 1. The minimum Gasteiger partial charge on any atom is -0.307 e. The number of hydrogen-bond donors (Lipinski definition) is 1. The molecule has 1 N–H and O–H groups in total. The summed E-state index contributed by atoms with van der Waals surface area (Å²) >= 11 is 0. The molecule has 2 aliphatic rings. The maximum Gasteiger partial charge on any atom is 0.233 e. The molecule has 162 valence electrons. The van der Waals surface area contributed by atoms with Gasteiger partial charge < -0.3 is 5.32 Å². The first kappa shape index (κ1) is 23.4. The average molecular weight is 393 g/mol. The van der Waals surface area contributed by atoms with Gasteiger partial charge in [0.25, 0.3) is 0 Å². The third kappa shape index (κ3) is 6.86. The van der Waals surface area contributed by atoms with Gasteiger partial charge in [-0.1, -0.05) is 64.7 Å². The van der Waals surface area contributed by atoms with E-state index in [0.717, 1.165) is 25.7 Å². The van der Waals surface area contributed by atoms with Gasteiger partial charge in [-0.25, -0.2) is 0 Å². The molecule has 1 unspecified atom stereocenters. The Morgan fingerprint density at radius 2 is 1.36 bits per heavy atom. The molecule has 0 radical (unpaired) electrons. The van der Waals surface area contributed by atoms with E-state index >= 15 is 0 Å². The van der Waals surface area contributed by atoms with Crippen molar-refractivity contribution in [3.63, 3.8) is 0 Å².